The van der Waals surface area contributed by atoms with Crippen molar-refractivity contribution in [3.8, 4) is 0 Å². The van der Waals surface area contributed by atoms with Crippen LogP contribution in [0.4, 0.5) is 11.8 Å². The van der Waals surface area contributed by atoms with Gasteiger partial charge in [-0.05, 0) is 12.5 Å². The number of nitrogens with zero attached hydrogens (tertiary/aromatic N) is 7. The highest BCUT2D eigenvalue weighted by Crippen LogP contribution is 2.17. The topological polar surface area (TPSA) is 84.2 Å². The van der Waals surface area contributed by atoms with E-state index in [1.165, 1.54) is 0 Å². The molecule has 0 aromatic carbocycles. The Kier molecular flexibility index (Phi) is 5.26. The Hall–Kier alpha value is -2.26. The molecule has 0 spiro atoms. The minimum absolute atomic E-state index is 0.421. The highest BCUT2D eigenvalue weighted by molar-refractivity contribution is 5.42. The molecule has 9 heteroatoms. The molecule has 2 aromatic rings. The van der Waals surface area contributed by atoms with Gasteiger partial charge >= 0.3 is 0 Å². The summed E-state index contributed by atoms with van der Waals surface area (Å²) < 4.78 is 7.15. The van der Waals surface area contributed by atoms with Gasteiger partial charge in [0.25, 0.3) is 0 Å². The summed E-state index contributed by atoms with van der Waals surface area (Å²) in [4.78, 5) is 13.7. The summed E-state index contributed by atoms with van der Waals surface area (Å²) in [5.41, 5.74) is 1.05. The van der Waals surface area contributed by atoms with Crippen LogP contribution in [0.25, 0.3) is 0 Å². The van der Waals surface area contributed by atoms with Crippen molar-refractivity contribution in [1.82, 2.24) is 29.9 Å². The average molecular weight is 358 g/mol. The third-order valence-corrected chi connectivity index (χ3v) is 4.90. The summed E-state index contributed by atoms with van der Waals surface area (Å²) in [6.45, 7) is 6.32. The Morgan fingerprint density at radius 2 is 2.15 bits per heavy atom. The van der Waals surface area contributed by atoms with Crippen molar-refractivity contribution >= 4 is 11.8 Å². The molecule has 1 N–H and O–H groups in total. The normalized spacial score (nSPS) is 21.3. The van der Waals surface area contributed by atoms with Gasteiger partial charge in [0, 0.05) is 64.6 Å². The number of aromatic nitrogens is 5. The fraction of sp³-hybridized carbons (Fsp3) is 0.647. The fourth-order valence-electron chi connectivity index (χ4n) is 3.49. The quantitative estimate of drug-likeness (QED) is 0.782. The maximum absolute atomic E-state index is 5.40. The molecule has 1 atom stereocenters. The van der Waals surface area contributed by atoms with Gasteiger partial charge in [0.2, 0.25) is 5.95 Å². The van der Waals surface area contributed by atoms with Crippen LogP contribution in [0.2, 0.25) is 0 Å². The van der Waals surface area contributed by atoms with E-state index in [1.807, 2.05) is 25.5 Å². The van der Waals surface area contributed by atoms with E-state index in [-0.39, 0.29) is 0 Å². The van der Waals surface area contributed by atoms with E-state index in [4.69, 9.17) is 4.74 Å². The number of aryl methyl sites for hydroxylation is 1. The molecule has 0 amide bonds. The second-order valence-corrected chi connectivity index (χ2v) is 6.91. The van der Waals surface area contributed by atoms with Crippen molar-refractivity contribution in [2.45, 2.75) is 18.9 Å². The molecule has 2 aromatic heterocycles. The first kappa shape index (κ1) is 17.2. The second kappa shape index (κ2) is 7.96. The number of hydrogen-bond donors (Lipinski definition) is 1. The summed E-state index contributed by atoms with van der Waals surface area (Å²) >= 11 is 0. The molecular formula is C17H26N8O. The molecule has 9 nitrogen and oxygen atoms in total. The minimum atomic E-state index is 0.421. The first-order valence-corrected chi connectivity index (χ1v) is 9.26. The van der Waals surface area contributed by atoms with Crippen LogP contribution in [0.3, 0.4) is 0 Å². The van der Waals surface area contributed by atoms with E-state index >= 15 is 0 Å². The maximum Gasteiger partial charge on any atom is 0.227 e. The van der Waals surface area contributed by atoms with Crippen molar-refractivity contribution in [3.05, 3.63) is 24.2 Å². The van der Waals surface area contributed by atoms with Crippen LogP contribution in [-0.2, 0) is 18.2 Å². The van der Waals surface area contributed by atoms with Gasteiger partial charge in [-0.3, -0.25) is 4.68 Å². The standard InChI is InChI=1S/C17H26N8O/c1-23-12-15(21-22-23)4-7-24-6-3-14(13-24)19-16-2-5-18-17(20-16)25-8-10-26-11-9-25/h2,5,12,14H,3-4,6-11,13H2,1H3,(H,18,19,20). The molecule has 26 heavy (non-hydrogen) atoms. The van der Waals surface area contributed by atoms with E-state index in [0.29, 0.717) is 6.04 Å². The van der Waals surface area contributed by atoms with E-state index in [1.54, 1.807) is 4.68 Å². The number of anilines is 2. The molecule has 0 radical (unpaired) electrons. The fourth-order valence-corrected chi connectivity index (χ4v) is 3.49. The number of morpholine rings is 1. The Morgan fingerprint density at radius 3 is 2.96 bits per heavy atom. The van der Waals surface area contributed by atoms with Gasteiger partial charge in [0.05, 0.1) is 18.9 Å². The molecule has 2 aliphatic rings. The zero-order valence-corrected chi connectivity index (χ0v) is 15.2. The third kappa shape index (κ3) is 4.28. The Balaban J connectivity index is 1.28. The molecule has 140 valence electrons. The van der Waals surface area contributed by atoms with E-state index in [0.717, 1.165) is 76.2 Å². The predicted molar refractivity (Wildman–Crippen MR) is 98.2 cm³/mol. The van der Waals surface area contributed by atoms with Gasteiger partial charge in [-0.2, -0.15) is 4.98 Å². The number of ether oxygens (including phenoxy) is 1. The van der Waals surface area contributed by atoms with Crippen molar-refractivity contribution in [1.29, 1.82) is 0 Å². The molecule has 4 rings (SSSR count). The van der Waals surface area contributed by atoms with Gasteiger partial charge in [-0.25, -0.2) is 4.98 Å². The summed E-state index contributed by atoms with van der Waals surface area (Å²) in [5, 5.41) is 11.7. The van der Waals surface area contributed by atoms with Gasteiger partial charge < -0.3 is 19.9 Å². The molecule has 0 saturated carbocycles. The maximum atomic E-state index is 5.40. The zero-order chi connectivity index (χ0) is 17.8. The molecule has 0 aliphatic carbocycles. The summed E-state index contributed by atoms with van der Waals surface area (Å²) in [7, 11) is 1.90. The average Bonchev–Trinajstić information content (AvgIpc) is 3.30. The monoisotopic (exact) mass is 358 g/mol. The largest absolute Gasteiger partial charge is 0.378 e. The van der Waals surface area contributed by atoms with Crippen molar-refractivity contribution in [3.63, 3.8) is 0 Å². The van der Waals surface area contributed by atoms with Gasteiger partial charge in [0.15, 0.2) is 0 Å². The van der Waals surface area contributed by atoms with Crippen LogP contribution in [0, 0.1) is 0 Å². The second-order valence-electron chi connectivity index (χ2n) is 6.91. The highest BCUT2D eigenvalue weighted by Gasteiger charge is 2.23. The van der Waals surface area contributed by atoms with Gasteiger partial charge in [-0.15, -0.1) is 5.10 Å². The molecule has 2 aliphatic heterocycles. The molecule has 0 bridgehead atoms. The van der Waals surface area contributed by atoms with E-state index in [2.05, 4.69) is 35.4 Å². The van der Waals surface area contributed by atoms with Crippen molar-refractivity contribution in [2.24, 2.45) is 7.05 Å². The Bertz CT molecular complexity index is 714. The van der Waals surface area contributed by atoms with Crippen LogP contribution in [-0.4, -0.2) is 81.8 Å². The number of nitrogens with one attached hydrogen (secondary N) is 1. The lowest BCUT2D eigenvalue weighted by Crippen LogP contribution is -2.37. The van der Waals surface area contributed by atoms with Crippen molar-refractivity contribution in [2.75, 3.05) is 56.2 Å². The zero-order valence-electron chi connectivity index (χ0n) is 15.2. The lowest BCUT2D eigenvalue weighted by Gasteiger charge is -2.27. The number of likely N-dealkylation sites (tertiary alicyclic amines) is 1. The number of hydrogen-bond acceptors (Lipinski definition) is 8. The third-order valence-electron chi connectivity index (χ3n) is 4.90. The SMILES string of the molecule is Cn1cc(CCN2CCC(Nc3ccnc(N4CCOCC4)n3)C2)nn1. The number of rotatable bonds is 6. The van der Waals surface area contributed by atoms with E-state index in [9.17, 15) is 0 Å². The van der Waals surface area contributed by atoms with Crippen molar-refractivity contribution < 1.29 is 4.74 Å². The minimum Gasteiger partial charge on any atom is -0.378 e. The lowest BCUT2D eigenvalue weighted by molar-refractivity contribution is 0.122. The lowest BCUT2D eigenvalue weighted by atomic mass is 10.2. The molecule has 4 heterocycles. The summed E-state index contributed by atoms with van der Waals surface area (Å²) in [6, 6.07) is 2.37. The van der Waals surface area contributed by atoms with Crippen LogP contribution >= 0.6 is 0 Å². The predicted octanol–water partition coefficient (Wildman–Crippen LogP) is 0.171. The van der Waals surface area contributed by atoms with Gasteiger partial charge in [-0.1, -0.05) is 5.21 Å². The molecule has 2 saturated heterocycles. The summed E-state index contributed by atoms with van der Waals surface area (Å²) in [6.07, 6.45) is 5.88. The van der Waals surface area contributed by atoms with Crippen LogP contribution in [0.1, 0.15) is 12.1 Å². The van der Waals surface area contributed by atoms with E-state index < -0.39 is 0 Å². The smallest absolute Gasteiger partial charge is 0.227 e. The van der Waals surface area contributed by atoms with Gasteiger partial charge in [0.1, 0.15) is 5.82 Å². The van der Waals surface area contributed by atoms with Crippen LogP contribution in [0.5, 0.6) is 0 Å². The first-order valence-electron chi connectivity index (χ1n) is 9.26. The first-order chi connectivity index (χ1) is 12.8. The van der Waals surface area contributed by atoms with Crippen LogP contribution in [0.15, 0.2) is 18.5 Å². The molecular weight excluding hydrogens is 332 g/mol. The Morgan fingerprint density at radius 1 is 1.27 bits per heavy atom. The summed E-state index contributed by atoms with van der Waals surface area (Å²) in [5.74, 6) is 1.69. The molecule has 2 fully saturated rings. The Labute approximate surface area is 153 Å². The highest BCUT2D eigenvalue weighted by atomic mass is 16.5. The van der Waals surface area contributed by atoms with Crippen LogP contribution < -0.4 is 10.2 Å². The molecule has 1 unspecified atom stereocenters.